The Morgan fingerprint density at radius 2 is 2.00 bits per heavy atom. The summed E-state index contributed by atoms with van der Waals surface area (Å²) in [5.74, 6) is 0. The van der Waals surface area contributed by atoms with Crippen molar-refractivity contribution in [2.75, 3.05) is 6.26 Å². The maximum absolute atomic E-state index is 11.0. The average Bonchev–Trinajstić information content (AvgIpc) is 2.06. The van der Waals surface area contributed by atoms with Crippen molar-refractivity contribution >= 4 is 11.2 Å². The first-order valence-electron chi connectivity index (χ1n) is 3.53. The summed E-state index contributed by atoms with van der Waals surface area (Å²) in [6.07, 6.45) is 2.05. The third-order valence-electron chi connectivity index (χ3n) is 1.54. The highest BCUT2D eigenvalue weighted by Crippen LogP contribution is 2.10. The minimum absolute atomic E-state index is 0.413. The van der Waals surface area contributed by atoms with Crippen molar-refractivity contribution in [2.45, 2.75) is 11.3 Å². The zero-order valence-electron chi connectivity index (χ0n) is 6.78. The highest BCUT2D eigenvalue weighted by atomic mass is 32.2. The van der Waals surface area contributed by atoms with Gasteiger partial charge in [-0.05, 0) is 28.9 Å². The second kappa shape index (κ2) is 4.15. The van der Waals surface area contributed by atoms with Crippen molar-refractivity contribution in [2.24, 2.45) is 0 Å². The molecule has 0 aliphatic rings. The van der Waals surface area contributed by atoms with E-state index in [0.717, 1.165) is 10.5 Å². The molecule has 0 aromatic heterocycles. The first-order valence-corrected chi connectivity index (χ1v) is 5.09. The van der Waals surface area contributed by atoms with Gasteiger partial charge in [-0.25, -0.2) is 0 Å². The zero-order valence-corrected chi connectivity index (χ0v) is 7.60. The van der Waals surface area contributed by atoms with E-state index in [-0.39, 0.29) is 0 Å². The van der Waals surface area contributed by atoms with Crippen molar-refractivity contribution in [3.05, 3.63) is 29.8 Å². The zero-order chi connectivity index (χ0) is 8.97. The topological polar surface area (TPSA) is 46.8 Å². The fourth-order valence-electron chi connectivity index (χ4n) is 0.890. The minimum atomic E-state index is -0.924. The second-order valence-electron chi connectivity index (χ2n) is 2.43. The van der Waals surface area contributed by atoms with Gasteiger partial charge in [0.15, 0.2) is 4.90 Å². The summed E-state index contributed by atoms with van der Waals surface area (Å²) >= 11 is -0.924. The summed E-state index contributed by atoms with van der Waals surface area (Å²) in [5.41, 5.74) is 0.965. The molecule has 1 aromatic rings. The quantitative estimate of drug-likeness (QED) is 0.646. The predicted molar refractivity (Wildman–Crippen MR) is 48.1 cm³/mol. The van der Waals surface area contributed by atoms with Crippen molar-refractivity contribution in [1.29, 1.82) is 5.26 Å². The van der Waals surface area contributed by atoms with Gasteiger partial charge in [0.2, 0.25) is 0 Å². The van der Waals surface area contributed by atoms with Gasteiger partial charge in [0.05, 0.1) is 12.5 Å². The standard InChI is InChI=1S/C9H9NOS/c1-12(11)9-4-2-8(3-5-9)6-7-10/h2-5H,6H2,1H3. The van der Waals surface area contributed by atoms with E-state index in [1.54, 1.807) is 18.4 Å². The lowest BCUT2D eigenvalue weighted by molar-refractivity contribution is 0.601. The van der Waals surface area contributed by atoms with Crippen molar-refractivity contribution in [3.8, 4) is 6.07 Å². The molecule has 0 aliphatic heterocycles. The predicted octanol–water partition coefficient (Wildman–Crippen LogP) is 1.49. The third-order valence-corrected chi connectivity index (χ3v) is 2.47. The molecule has 0 radical (unpaired) electrons. The number of nitriles is 1. The highest BCUT2D eigenvalue weighted by molar-refractivity contribution is 7.90. The lowest BCUT2D eigenvalue weighted by Gasteiger charge is -2.03. The first kappa shape index (κ1) is 9.11. The molecule has 0 saturated heterocycles. The number of nitrogens with zero attached hydrogens (tertiary/aromatic N) is 1. The second-order valence-corrected chi connectivity index (χ2v) is 3.81. The molecule has 0 aliphatic carbocycles. The number of benzene rings is 1. The molecule has 0 spiro atoms. The Labute approximate surface area is 75.0 Å². The molecule has 62 valence electrons. The smallest absolute Gasteiger partial charge is 0.152 e. The van der Waals surface area contributed by atoms with Gasteiger partial charge >= 0.3 is 0 Å². The maximum Gasteiger partial charge on any atom is 0.152 e. The Bertz CT molecular complexity index is 286. The summed E-state index contributed by atoms with van der Waals surface area (Å²) in [5, 5.41) is 8.39. The van der Waals surface area contributed by atoms with Crippen LogP contribution in [0.1, 0.15) is 5.56 Å². The van der Waals surface area contributed by atoms with Crippen LogP contribution in [0, 0.1) is 11.3 Å². The molecular weight excluding hydrogens is 170 g/mol. The van der Waals surface area contributed by atoms with Crippen molar-refractivity contribution < 1.29 is 4.55 Å². The van der Waals surface area contributed by atoms with Gasteiger partial charge in [-0.15, -0.1) is 0 Å². The molecule has 1 rings (SSSR count). The van der Waals surface area contributed by atoms with E-state index in [1.165, 1.54) is 0 Å². The SMILES string of the molecule is C[S+]([O-])c1ccc(CC#N)cc1. The molecule has 0 heterocycles. The molecule has 1 atom stereocenters. The Balaban J connectivity index is 2.80. The molecule has 1 aromatic carbocycles. The normalized spacial score (nSPS) is 12.1. The Morgan fingerprint density at radius 3 is 2.42 bits per heavy atom. The van der Waals surface area contributed by atoms with Crippen molar-refractivity contribution in [3.63, 3.8) is 0 Å². The Morgan fingerprint density at radius 1 is 1.42 bits per heavy atom. The lowest BCUT2D eigenvalue weighted by atomic mass is 10.2. The van der Waals surface area contributed by atoms with E-state index in [0.29, 0.717) is 6.42 Å². The van der Waals surface area contributed by atoms with E-state index in [2.05, 4.69) is 6.07 Å². The number of hydrogen-bond donors (Lipinski definition) is 0. The van der Waals surface area contributed by atoms with Crippen LogP contribution < -0.4 is 0 Å². The summed E-state index contributed by atoms with van der Waals surface area (Å²) in [7, 11) is 0. The third kappa shape index (κ3) is 2.26. The van der Waals surface area contributed by atoms with Gasteiger partial charge in [-0.2, -0.15) is 5.26 Å². The van der Waals surface area contributed by atoms with Crippen LogP contribution in [-0.4, -0.2) is 10.8 Å². The van der Waals surface area contributed by atoms with Crippen LogP contribution >= 0.6 is 0 Å². The molecule has 1 unspecified atom stereocenters. The molecule has 2 nitrogen and oxygen atoms in total. The van der Waals surface area contributed by atoms with E-state index < -0.39 is 11.2 Å². The monoisotopic (exact) mass is 179 g/mol. The molecule has 0 saturated carbocycles. The van der Waals surface area contributed by atoms with Crippen molar-refractivity contribution in [1.82, 2.24) is 0 Å². The van der Waals surface area contributed by atoms with Gasteiger partial charge in [0, 0.05) is 0 Å². The molecule has 0 N–H and O–H groups in total. The molecule has 0 fully saturated rings. The fourth-order valence-corrected chi connectivity index (χ4v) is 1.41. The molecule has 0 bridgehead atoms. The summed E-state index contributed by atoms with van der Waals surface area (Å²) in [6.45, 7) is 0. The van der Waals surface area contributed by atoms with Crippen LogP contribution in [0.2, 0.25) is 0 Å². The van der Waals surface area contributed by atoms with Crippen LogP contribution in [0.4, 0.5) is 0 Å². The Hall–Kier alpha value is -0.980. The first-order chi connectivity index (χ1) is 5.74. The van der Waals surface area contributed by atoms with Gasteiger partial charge in [0.1, 0.15) is 6.26 Å². The summed E-state index contributed by atoms with van der Waals surface area (Å²) < 4.78 is 11.0. The van der Waals surface area contributed by atoms with Crippen LogP contribution in [0.3, 0.4) is 0 Å². The Kier molecular flexibility index (Phi) is 3.15. The summed E-state index contributed by atoms with van der Waals surface area (Å²) in [6, 6.07) is 9.31. The van der Waals surface area contributed by atoms with Crippen LogP contribution in [0.5, 0.6) is 0 Å². The average molecular weight is 179 g/mol. The van der Waals surface area contributed by atoms with Crippen LogP contribution in [-0.2, 0) is 17.6 Å². The molecule has 3 heteroatoms. The van der Waals surface area contributed by atoms with Gasteiger partial charge < -0.3 is 4.55 Å². The number of hydrogen-bond acceptors (Lipinski definition) is 2. The highest BCUT2D eigenvalue weighted by Gasteiger charge is 2.02. The molecule has 12 heavy (non-hydrogen) atoms. The van der Waals surface area contributed by atoms with E-state index in [1.807, 2.05) is 12.1 Å². The van der Waals surface area contributed by atoms with Gasteiger partial charge in [-0.1, -0.05) is 12.1 Å². The van der Waals surface area contributed by atoms with E-state index in [4.69, 9.17) is 5.26 Å². The largest absolute Gasteiger partial charge is 0.612 e. The van der Waals surface area contributed by atoms with E-state index in [9.17, 15) is 4.55 Å². The van der Waals surface area contributed by atoms with E-state index >= 15 is 0 Å². The fraction of sp³-hybridized carbons (Fsp3) is 0.222. The summed E-state index contributed by atoms with van der Waals surface area (Å²) in [4.78, 5) is 0.802. The lowest BCUT2D eigenvalue weighted by Crippen LogP contribution is -1.96. The number of rotatable bonds is 2. The van der Waals surface area contributed by atoms with Crippen LogP contribution in [0.25, 0.3) is 0 Å². The van der Waals surface area contributed by atoms with Crippen LogP contribution in [0.15, 0.2) is 29.2 Å². The van der Waals surface area contributed by atoms with Gasteiger partial charge in [0.25, 0.3) is 0 Å². The maximum atomic E-state index is 11.0. The van der Waals surface area contributed by atoms with Gasteiger partial charge in [-0.3, -0.25) is 0 Å². The molecular formula is C9H9NOS. The molecule has 0 amide bonds. The minimum Gasteiger partial charge on any atom is -0.612 e.